The Morgan fingerprint density at radius 1 is 1.50 bits per heavy atom. The van der Waals surface area contributed by atoms with Gasteiger partial charge in [0, 0.05) is 12.6 Å². The smallest absolute Gasteiger partial charge is 0.341 e. The number of hydrogen-bond donors (Lipinski definition) is 1. The number of esters is 1. The summed E-state index contributed by atoms with van der Waals surface area (Å²) < 4.78 is 10.1. The summed E-state index contributed by atoms with van der Waals surface area (Å²) in [7, 11) is 1.34. The van der Waals surface area contributed by atoms with Crippen LogP contribution in [0.15, 0.2) is 16.7 Å². The first-order valence-electron chi connectivity index (χ1n) is 6.71. The molecular formula is C14H20N2O4. The Balaban J connectivity index is 2.10. The van der Waals surface area contributed by atoms with Gasteiger partial charge in [0.25, 0.3) is 0 Å². The van der Waals surface area contributed by atoms with Crippen molar-refractivity contribution < 1.29 is 18.7 Å². The van der Waals surface area contributed by atoms with Gasteiger partial charge >= 0.3 is 5.97 Å². The van der Waals surface area contributed by atoms with E-state index in [4.69, 9.17) is 14.9 Å². The number of amides is 1. The predicted molar refractivity (Wildman–Crippen MR) is 71.8 cm³/mol. The maximum Gasteiger partial charge on any atom is 0.341 e. The molecule has 0 aliphatic carbocycles. The fourth-order valence-corrected chi connectivity index (χ4v) is 2.57. The molecule has 1 aromatic heterocycles. The number of likely N-dealkylation sites (tertiary alicyclic amines) is 1. The number of primary amides is 1. The normalized spacial score (nSPS) is 23.5. The third kappa shape index (κ3) is 3.01. The minimum atomic E-state index is -0.412. The molecule has 1 saturated heterocycles. The molecule has 20 heavy (non-hydrogen) atoms. The van der Waals surface area contributed by atoms with E-state index >= 15 is 0 Å². The number of rotatable bonds is 4. The number of furan rings is 1. The first-order valence-corrected chi connectivity index (χ1v) is 6.71. The molecule has 0 spiro atoms. The molecular weight excluding hydrogens is 260 g/mol. The number of ether oxygens (including phenoxy) is 1. The Morgan fingerprint density at radius 2 is 2.25 bits per heavy atom. The van der Waals surface area contributed by atoms with Crippen molar-refractivity contribution in [3.63, 3.8) is 0 Å². The van der Waals surface area contributed by atoms with E-state index in [-0.39, 0.29) is 11.8 Å². The zero-order valence-corrected chi connectivity index (χ0v) is 11.8. The number of hydrogen-bond acceptors (Lipinski definition) is 5. The van der Waals surface area contributed by atoms with Gasteiger partial charge in [-0.1, -0.05) is 0 Å². The summed E-state index contributed by atoms with van der Waals surface area (Å²) in [6.45, 7) is 3.16. The van der Waals surface area contributed by atoms with Crippen molar-refractivity contribution in [2.45, 2.75) is 32.4 Å². The second kappa shape index (κ2) is 6.09. The lowest BCUT2D eigenvalue weighted by Crippen LogP contribution is -2.45. The number of nitrogens with two attached hydrogens (primary N) is 1. The molecule has 1 aromatic rings. The van der Waals surface area contributed by atoms with Crippen LogP contribution in [0, 0.1) is 5.92 Å². The van der Waals surface area contributed by atoms with E-state index in [9.17, 15) is 9.59 Å². The number of piperidine rings is 1. The second-order valence-corrected chi connectivity index (χ2v) is 5.20. The van der Waals surface area contributed by atoms with Crippen LogP contribution in [0.1, 0.15) is 35.9 Å². The van der Waals surface area contributed by atoms with E-state index < -0.39 is 5.97 Å². The van der Waals surface area contributed by atoms with Crippen LogP contribution in [0.25, 0.3) is 0 Å². The largest absolute Gasteiger partial charge is 0.467 e. The van der Waals surface area contributed by atoms with Gasteiger partial charge in [-0.15, -0.1) is 0 Å². The van der Waals surface area contributed by atoms with Crippen LogP contribution in [-0.4, -0.2) is 36.5 Å². The molecule has 110 valence electrons. The van der Waals surface area contributed by atoms with E-state index in [0.29, 0.717) is 30.5 Å². The van der Waals surface area contributed by atoms with Crippen molar-refractivity contribution in [1.29, 1.82) is 0 Å². The third-order valence-corrected chi connectivity index (χ3v) is 3.91. The molecule has 2 atom stereocenters. The van der Waals surface area contributed by atoms with Crippen LogP contribution in [0.3, 0.4) is 0 Å². The van der Waals surface area contributed by atoms with Gasteiger partial charge in [0.05, 0.1) is 25.8 Å². The van der Waals surface area contributed by atoms with Crippen molar-refractivity contribution in [1.82, 2.24) is 4.90 Å². The molecule has 0 aromatic carbocycles. The number of carbonyl (C=O) groups is 2. The molecule has 0 saturated carbocycles. The van der Waals surface area contributed by atoms with E-state index in [1.165, 1.54) is 13.4 Å². The van der Waals surface area contributed by atoms with Gasteiger partial charge in [0.1, 0.15) is 11.3 Å². The van der Waals surface area contributed by atoms with Crippen LogP contribution in [0.4, 0.5) is 0 Å². The van der Waals surface area contributed by atoms with E-state index in [2.05, 4.69) is 11.8 Å². The molecule has 6 heteroatoms. The van der Waals surface area contributed by atoms with Gasteiger partial charge in [0.15, 0.2) is 0 Å². The average Bonchev–Trinajstić information content (AvgIpc) is 2.88. The molecule has 1 aliphatic rings. The molecule has 2 rings (SSSR count). The molecule has 2 heterocycles. The van der Waals surface area contributed by atoms with Crippen LogP contribution in [0.2, 0.25) is 0 Å². The zero-order chi connectivity index (χ0) is 14.7. The van der Waals surface area contributed by atoms with Gasteiger partial charge in [-0.3, -0.25) is 9.69 Å². The van der Waals surface area contributed by atoms with Crippen molar-refractivity contribution in [2.24, 2.45) is 11.7 Å². The predicted octanol–water partition coefficient (Wildman–Crippen LogP) is 1.15. The fourth-order valence-electron chi connectivity index (χ4n) is 2.57. The van der Waals surface area contributed by atoms with Crippen LogP contribution >= 0.6 is 0 Å². The van der Waals surface area contributed by atoms with Crippen molar-refractivity contribution in [3.05, 3.63) is 23.7 Å². The van der Waals surface area contributed by atoms with Crippen molar-refractivity contribution in [2.75, 3.05) is 13.7 Å². The molecule has 2 N–H and O–H groups in total. The highest BCUT2D eigenvalue weighted by atomic mass is 16.5. The van der Waals surface area contributed by atoms with E-state index in [0.717, 1.165) is 12.8 Å². The summed E-state index contributed by atoms with van der Waals surface area (Å²) >= 11 is 0. The van der Waals surface area contributed by atoms with Crippen LogP contribution in [0.5, 0.6) is 0 Å². The number of methoxy groups -OCH3 is 1. The summed E-state index contributed by atoms with van der Waals surface area (Å²) in [5.74, 6) is -0.254. The highest BCUT2D eigenvalue weighted by Gasteiger charge is 2.30. The highest BCUT2D eigenvalue weighted by molar-refractivity contribution is 5.90. The Labute approximate surface area is 117 Å². The van der Waals surface area contributed by atoms with Gasteiger partial charge < -0.3 is 14.9 Å². The summed E-state index contributed by atoms with van der Waals surface area (Å²) in [4.78, 5) is 25.1. The lowest BCUT2D eigenvalue weighted by Gasteiger charge is -2.36. The summed E-state index contributed by atoms with van der Waals surface area (Å²) in [6, 6.07) is 1.92. The van der Waals surface area contributed by atoms with Crippen molar-refractivity contribution in [3.8, 4) is 0 Å². The first-order chi connectivity index (χ1) is 9.52. The first kappa shape index (κ1) is 14.6. The SMILES string of the molecule is COC(=O)c1ccoc1CN1C[C@H](C(N)=O)CC[C@H]1C. The molecule has 1 amide bonds. The summed E-state index contributed by atoms with van der Waals surface area (Å²) in [6.07, 6.45) is 3.19. The molecule has 0 radical (unpaired) electrons. The number of nitrogens with zero attached hydrogens (tertiary/aromatic N) is 1. The quantitative estimate of drug-likeness (QED) is 0.836. The lowest BCUT2D eigenvalue weighted by atomic mass is 9.93. The Morgan fingerprint density at radius 3 is 2.90 bits per heavy atom. The lowest BCUT2D eigenvalue weighted by molar-refractivity contribution is -0.124. The third-order valence-electron chi connectivity index (χ3n) is 3.91. The molecule has 0 bridgehead atoms. The van der Waals surface area contributed by atoms with Gasteiger partial charge in [0.2, 0.25) is 5.91 Å². The van der Waals surface area contributed by atoms with Crippen molar-refractivity contribution >= 4 is 11.9 Å². The van der Waals surface area contributed by atoms with Crippen LogP contribution < -0.4 is 5.73 Å². The minimum absolute atomic E-state index is 0.136. The maximum absolute atomic E-state index is 11.6. The Kier molecular flexibility index (Phi) is 4.44. The molecule has 1 fully saturated rings. The topological polar surface area (TPSA) is 85.8 Å². The standard InChI is InChI=1S/C14H20N2O4/c1-9-3-4-10(13(15)17)7-16(9)8-12-11(5-6-20-12)14(18)19-2/h5-6,9-10H,3-4,7-8H2,1-2H3,(H2,15,17)/t9-,10-/m1/s1. The number of carbonyl (C=O) groups excluding carboxylic acids is 2. The van der Waals surface area contributed by atoms with E-state index in [1.54, 1.807) is 6.07 Å². The zero-order valence-electron chi connectivity index (χ0n) is 11.8. The minimum Gasteiger partial charge on any atom is -0.467 e. The fraction of sp³-hybridized carbons (Fsp3) is 0.571. The van der Waals surface area contributed by atoms with E-state index in [1.807, 2.05) is 0 Å². The average molecular weight is 280 g/mol. The second-order valence-electron chi connectivity index (χ2n) is 5.20. The van der Waals surface area contributed by atoms with Gasteiger partial charge in [-0.25, -0.2) is 4.79 Å². The van der Waals surface area contributed by atoms with Gasteiger partial charge in [-0.05, 0) is 25.8 Å². The summed E-state index contributed by atoms with van der Waals surface area (Å²) in [5.41, 5.74) is 5.82. The molecule has 6 nitrogen and oxygen atoms in total. The van der Waals surface area contributed by atoms with Crippen LogP contribution in [-0.2, 0) is 16.1 Å². The maximum atomic E-state index is 11.6. The Bertz CT molecular complexity index is 497. The summed E-state index contributed by atoms with van der Waals surface area (Å²) in [5, 5.41) is 0. The molecule has 0 unspecified atom stereocenters. The monoisotopic (exact) mass is 280 g/mol. The molecule has 1 aliphatic heterocycles. The Hall–Kier alpha value is -1.82. The van der Waals surface area contributed by atoms with Gasteiger partial charge in [-0.2, -0.15) is 0 Å². The highest BCUT2D eigenvalue weighted by Crippen LogP contribution is 2.25.